The largest absolute Gasteiger partial charge is 0.392 e. The average Bonchev–Trinajstić information content (AvgIpc) is 2.46. The fraction of sp³-hybridized carbons (Fsp3) is 0.462. The molecule has 108 valence electrons. The van der Waals surface area contributed by atoms with Gasteiger partial charge in [-0.25, -0.2) is 4.39 Å². The van der Waals surface area contributed by atoms with Gasteiger partial charge >= 0.3 is 0 Å². The van der Waals surface area contributed by atoms with Crippen molar-refractivity contribution in [3.63, 3.8) is 0 Å². The first kappa shape index (κ1) is 14.8. The third kappa shape index (κ3) is 3.10. The summed E-state index contributed by atoms with van der Waals surface area (Å²) < 4.78 is 13.6. The molecule has 5 nitrogen and oxygen atoms in total. The molecule has 1 saturated heterocycles. The lowest BCUT2D eigenvalue weighted by atomic mass is 10.2. The minimum Gasteiger partial charge on any atom is -0.392 e. The molecule has 2 N–H and O–H groups in total. The van der Waals surface area contributed by atoms with E-state index in [-0.39, 0.29) is 17.5 Å². The molecule has 1 amide bonds. The van der Waals surface area contributed by atoms with E-state index in [1.165, 1.54) is 12.3 Å². The van der Waals surface area contributed by atoms with Gasteiger partial charge in [-0.15, -0.1) is 0 Å². The van der Waals surface area contributed by atoms with Crippen LogP contribution in [0.5, 0.6) is 0 Å². The Morgan fingerprint density at radius 1 is 1.45 bits per heavy atom. The highest BCUT2D eigenvalue weighted by Crippen LogP contribution is 2.12. The summed E-state index contributed by atoms with van der Waals surface area (Å²) in [4.78, 5) is 20.1. The second-order valence-corrected chi connectivity index (χ2v) is 5.23. The van der Waals surface area contributed by atoms with Crippen LogP contribution >= 0.6 is 12.2 Å². The van der Waals surface area contributed by atoms with Crippen LogP contribution in [0.2, 0.25) is 0 Å². The summed E-state index contributed by atoms with van der Waals surface area (Å²) >= 11 is 4.97. The number of rotatable bonds is 3. The minimum absolute atomic E-state index is 0.0138. The molecule has 1 atom stereocenters. The normalized spacial score (nSPS) is 17.8. The topological polar surface area (TPSA) is 62.5 Å². The van der Waals surface area contributed by atoms with Crippen LogP contribution in [0, 0.1) is 5.82 Å². The van der Waals surface area contributed by atoms with E-state index in [9.17, 15) is 9.18 Å². The van der Waals surface area contributed by atoms with Crippen LogP contribution in [0.4, 0.5) is 4.39 Å². The van der Waals surface area contributed by atoms with Gasteiger partial charge in [0, 0.05) is 32.4 Å². The first-order valence-corrected chi connectivity index (χ1v) is 6.83. The van der Waals surface area contributed by atoms with Gasteiger partial charge in [-0.1, -0.05) is 12.2 Å². The monoisotopic (exact) mass is 296 g/mol. The molecule has 1 fully saturated rings. The molecule has 0 aromatic carbocycles. The second-order valence-electron chi connectivity index (χ2n) is 4.76. The van der Waals surface area contributed by atoms with Crippen molar-refractivity contribution < 1.29 is 9.18 Å². The Balaban J connectivity index is 1.99. The summed E-state index contributed by atoms with van der Waals surface area (Å²) in [6.07, 6.45) is 2.47. The lowest BCUT2D eigenvalue weighted by molar-refractivity contribution is 0.0617. The zero-order chi connectivity index (χ0) is 14.7. The third-order valence-electron chi connectivity index (χ3n) is 3.56. The molecule has 1 unspecified atom stereocenters. The number of nitrogens with two attached hydrogens (primary N) is 1. The van der Waals surface area contributed by atoms with Gasteiger partial charge in [0.05, 0.1) is 22.8 Å². The van der Waals surface area contributed by atoms with E-state index in [4.69, 9.17) is 18.0 Å². The molecular weight excluding hydrogens is 279 g/mol. The predicted octanol–water partition coefficient (Wildman–Crippen LogP) is 0.653. The van der Waals surface area contributed by atoms with Gasteiger partial charge in [-0.3, -0.25) is 14.7 Å². The molecule has 1 aromatic heterocycles. The molecule has 1 aliphatic rings. The number of hydrogen-bond acceptors (Lipinski definition) is 4. The van der Waals surface area contributed by atoms with Crippen molar-refractivity contribution >= 4 is 23.1 Å². The van der Waals surface area contributed by atoms with E-state index in [1.54, 1.807) is 4.90 Å². The zero-order valence-electron chi connectivity index (χ0n) is 11.3. The number of amides is 1. The Hall–Kier alpha value is -1.60. The lowest BCUT2D eigenvalue weighted by Gasteiger charge is -2.37. The number of pyridine rings is 1. The molecule has 0 aliphatic carbocycles. The summed E-state index contributed by atoms with van der Waals surface area (Å²) in [5.74, 6) is -0.885. The standard InChI is InChI=1S/C13H17FN4OS/c1-9(12(15)20)17-4-6-18(7-5-17)13(19)10-2-3-16-8-11(10)14/h2-3,8-9H,4-7H2,1H3,(H2,15,20). The Labute approximate surface area is 122 Å². The molecule has 1 aromatic rings. The van der Waals surface area contributed by atoms with E-state index in [2.05, 4.69) is 9.88 Å². The second kappa shape index (κ2) is 6.23. The maximum atomic E-state index is 13.6. The van der Waals surface area contributed by atoms with Crippen molar-refractivity contribution in [2.45, 2.75) is 13.0 Å². The van der Waals surface area contributed by atoms with Crippen LogP contribution in [0.25, 0.3) is 0 Å². The number of halogens is 1. The highest BCUT2D eigenvalue weighted by molar-refractivity contribution is 7.80. The molecule has 2 rings (SSSR count). The highest BCUT2D eigenvalue weighted by atomic mass is 32.1. The Morgan fingerprint density at radius 3 is 2.65 bits per heavy atom. The fourth-order valence-electron chi connectivity index (χ4n) is 2.21. The number of nitrogens with zero attached hydrogens (tertiary/aromatic N) is 3. The lowest BCUT2D eigenvalue weighted by Crippen LogP contribution is -2.54. The molecule has 0 radical (unpaired) electrons. The SMILES string of the molecule is CC(C(N)=S)N1CCN(C(=O)c2ccncc2F)CC1. The van der Waals surface area contributed by atoms with Crippen LogP contribution in [-0.2, 0) is 0 Å². The first-order chi connectivity index (χ1) is 9.50. The van der Waals surface area contributed by atoms with Crippen molar-refractivity contribution in [2.75, 3.05) is 26.2 Å². The van der Waals surface area contributed by atoms with Gasteiger partial charge in [0.1, 0.15) is 0 Å². The number of carbonyl (C=O) groups excluding carboxylic acids is 1. The third-order valence-corrected chi connectivity index (χ3v) is 3.90. The summed E-state index contributed by atoms with van der Waals surface area (Å²) in [6.45, 7) is 4.37. The molecule has 2 heterocycles. The maximum absolute atomic E-state index is 13.6. The molecule has 0 saturated carbocycles. The molecule has 20 heavy (non-hydrogen) atoms. The maximum Gasteiger partial charge on any atom is 0.257 e. The predicted molar refractivity (Wildman–Crippen MR) is 77.9 cm³/mol. The van der Waals surface area contributed by atoms with Gasteiger partial charge in [-0.05, 0) is 13.0 Å². The van der Waals surface area contributed by atoms with E-state index < -0.39 is 5.82 Å². The van der Waals surface area contributed by atoms with Crippen molar-refractivity contribution in [1.29, 1.82) is 0 Å². The summed E-state index contributed by atoms with van der Waals surface area (Å²) in [5, 5.41) is 0. The van der Waals surface area contributed by atoms with Gasteiger partial charge in [0.15, 0.2) is 5.82 Å². The smallest absolute Gasteiger partial charge is 0.257 e. The Bertz CT molecular complexity index is 517. The summed E-state index contributed by atoms with van der Waals surface area (Å²) in [5.41, 5.74) is 5.69. The summed E-state index contributed by atoms with van der Waals surface area (Å²) in [6, 6.07) is 1.42. The van der Waals surface area contributed by atoms with Crippen LogP contribution < -0.4 is 5.73 Å². The molecule has 0 bridgehead atoms. The fourth-order valence-corrected chi connectivity index (χ4v) is 2.36. The average molecular weight is 296 g/mol. The van der Waals surface area contributed by atoms with Gasteiger partial charge in [0.2, 0.25) is 0 Å². The molecule has 0 spiro atoms. The molecular formula is C13H17FN4OS. The van der Waals surface area contributed by atoms with Gasteiger partial charge < -0.3 is 10.6 Å². The van der Waals surface area contributed by atoms with Gasteiger partial charge in [-0.2, -0.15) is 0 Å². The van der Waals surface area contributed by atoms with E-state index in [1.807, 2.05) is 6.92 Å². The Kier molecular flexibility index (Phi) is 4.61. The van der Waals surface area contributed by atoms with Crippen molar-refractivity contribution in [1.82, 2.24) is 14.8 Å². The molecule has 7 heteroatoms. The van der Waals surface area contributed by atoms with Crippen molar-refractivity contribution in [3.05, 3.63) is 29.8 Å². The number of aromatic nitrogens is 1. The Morgan fingerprint density at radius 2 is 2.10 bits per heavy atom. The van der Waals surface area contributed by atoms with E-state index >= 15 is 0 Å². The van der Waals surface area contributed by atoms with Crippen LogP contribution in [0.3, 0.4) is 0 Å². The molecule has 1 aliphatic heterocycles. The van der Waals surface area contributed by atoms with Crippen LogP contribution in [0.15, 0.2) is 18.5 Å². The number of piperazine rings is 1. The number of hydrogen-bond donors (Lipinski definition) is 1. The summed E-state index contributed by atoms with van der Waals surface area (Å²) in [7, 11) is 0. The number of carbonyl (C=O) groups is 1. The quantitative estimate of drug-likeness (QED) is 0.830. The highest BCUT2D eigenvalue weighted by Gasteiger charge is 2.26. The number of thiocarbonyl (C=S) groups is 1. The van der Waals surface area contributed by atoms with Crippen LogP contribution in [-0.4, -0.2) is 57.9 Å². The van der Waals surface area contributed by atoms with E-state index in [0.717, 1.165) is 6.20 Å². The van der Waals surface area contributed by atoms with Crippen molar-refractivity contribution in [2.24, 2.45) is 5.73 Å². The van der Waals surface area contributed by atoms with Gasteiger partial charge in [0.25, 0.3) is 5.91 Å². The first-order valence-electron chi connectivity index (χ1n) is 6.43. The van der Waals surface area contributed by atoms with Crippen LogP contribution in [0.1, 0.15) is 17.3 Å². The minimum atomic E-state index is -0.587. The van der Waals surface area contributed by atoms with Crippen molar-refractivity contribution in [3.8, 4) is 0 Å². The zero-order valence-corrected chi connectivity index (χ0v) is 12.1. The van der Waals surface area contributed by atoms with E-state index in [0.29, 0.717) is 31.2 Å².